The van der Waals surface area contributed by atoms with Crippen LogP contribution < -0.4 is 27.7 Å². The fourth-order valence-electron chi connectivity index (χ4n) is 18.0. The van der Waals surface area contributed by atoms with Gasteiger partial charge in [-0.3, -0.25) is 34.1 Å². The van der Waals surface area contributed by atoms with Crippen molar-refractivity contribution in [2.75, 3.05) is 35.3 Å². The van der Waals surface area contributed by atoms with Crippen LogP contribution in [-0.2, 0) is 114 Å². The molecule has 4 aliphatic carbocycles. The quantitative estimate of drug-likeness (QED) is 0.0617. The second-order valence-electron chi connectivity index (χ2n) is 32.7. The SMILES string of the molecule is CN1C(N)=N[C@]2(C)c3cc(CC(=O)c4ccc(F)cn4)ccc3CCC[C@@H]2S1(=O)=O.COc1cnc(C(=O)Cc2ccc3c(c2)[C@@]2(C)N=C(N)N(C)S(=O)(=O)[C@H]2CCC3)cn1.[C-]#[N+]c1ccc(C(=O)Cc2ccc3c(c2)[C@@]2(C)N=C(N)N(C)S(=O)(=O)[C@@H]2CCC3)nc1.[C-]#[N+]c1cnc(C(=O)Cc2ccc3c(c2)[C@@]2(C)N=C(N)N(C)S(=O)(=O)[C@H]2CCC3)c(C)c1. The third-order valence-electron chi connectivity index (χ3n) is 24.9. The number of sulfonamides is 4. The molecule has 0 radical (unpaired) electrons. The minimum atomic E-state index is -3.65. The van der Waals surface area contributed by atoms with E-state index in [1.165, 1.54) is 72.2 Å². The van der Waals surface area contributed by atoms with Gasteiger partial charge in [0.15, 0.2) is 23.1 Å². The molecule has 16 rings (SSSR count). The van der Waals surface area contributed by atoms with Crippen molar-refractivity contribution in [2.45, 2.75) is 181 Å². The van der Waals surface area contributed by atoms with Gasteiger partial charge in [0.25, 0.3) is 0 Å². The Hall–Kier alpha value is -12.3. The third-order valence-corrected chi connectivity index (χ3v) is 34.4. The van der Waals surface area contributed by atoms with E-state index in [-0.39, 0.29) is 89.7 Å². The van der Waals surface area contributed by atoms with E-state index in [4.69, 9.17) is 40.8 Å². The number of aliphatic imine (C=N–C) groups is 4. The Labute approximate surface area is 720 Å². The van der Waals surface area contributed by atoms with Gasteiger partial charge in [-0.1, -0.05) is 78.9 Å². The van der Waals surface area contributed by atoms with Gasteiger partial charge in [0.1, 0.15) is 71.7 Å². The summed E-state index contributed by atoms with van der Waals surface area (Å²) in [6, 6.07) is 30.2. The van der Waals surface area contributed by atoms with Crippen LogP contribution in [0.5, 0.6) is 5.88 Å². The van der Waals surface area contributed by atoms with E-state index in [1.807, 2.05) is 93.6 Å². The zero-order valence-corrected chi connectivity index (χ0v) is 73.4. The summed E-state index contributed by atoms with van der Waals surface area (Å²) in [7, 11) is -7.39. The summed E-state index contributed by atoms with van der Waals surface area (Å²) in [4.78, 5) is 96.3. The lowest BCUT2D eigenvalue weighted by Crippen LogP contribution is -2.56. The number of halogens is 1. The maximum absolute atomic E-state index is 13.1. The highest BCUT2D eigenvalue weighted by Crippen LogP contribution is 2.49. The highest BCUT2D eigenvalue weighted by Gasteiger charge is 2.56. The summed E-state index contributed by atoms with van der Waals surface area (Å²) in [6.07, 6.45) is 14.8. The van der Waals surface area contributed by atoms with Crippen molar-refractivity contribution in [3.05, 3.63) is 258 Å². The molecule has 0 bridgehead atoms. The Bertz CT molecular complexity index is 6370. The number of fused-ring (bicyclic) bond motifs is 12. The number of nitrogens with zero attached hydrogens (tertiary/aromatic N) is 15. The molecule has 0 unspecified atom stereocenters. The van der Waals surface area contributed by atoms with Gasteiger partial charge in [-0.05, 0) is 208 Å². The Morgan fingerprint density at radius 1 is 0.419 bits per heavy atom. The molecule has 0 saturated heterocycles. The lowest BCUT2D eigenvalue weighted by Gasteiger charge is -2.41. The highest BCUT2D eigenvalue weighted by atomic mass is 32.2. The second kappa shape index (κ2) is 34.4. The van der Waals surface area contributed by atoms with Crippen molar-refractivity contribution < 1.29 is 62.0 Å². The van der Waals surface area contributed by atoms with Crippen molar-refractivity contribution in [1.29, 1.82) is 0 Å². The molecule has 8 aromatic rings. The number of aromatic nitrogens is 5. The topological polar surface area (TPSA) is 454 Å². The van der Waals surface area contributed by atoms with Gasteiger partial charge in [-0.2, -0.15) is 0 Å². The minimum Gasteiger partial charge on any atom is -0.480 e. The number of Topliss-reactive ketones (excluding diaryl/α,β-unsaturated/α-hetero) is 4. The number of methoxy groups -OCH3 is 1. The van der Waals surface area contributed by atoms with E-state index in [9.17, 15) is 57.2 Å². The van der Waals surface area contributed by atoms with E-state index >= 15 is 0 Å². The average Bonchev–Trinajstić information content (AvgIpc) is 1.31. The molecule has 8 aliphatic rings. The normalized spacial score (nSPS) is 24.4. The number of pyridine rings is 3. The van der Waals surface area contributed by atoms with Gasteiger partial charge in [0, 0.05) is 66.3 Å². The Morgan fingerprint density at radius 3 is 1.02 bits per heavy atom. The molecule has 4 aromatic heterocycles. The molecule has 8 N–H and O–H groups in total. The van der Waals surface area contributed by atoms with Crippen molar-refractivity contribution in [1.82, 2.24) is 42.1 Å². The molecular weight excluding hydrogens is 1670 g/mol. The van der Waals surface area contributed by atoms with Gasteiger partial charge >= 0.3 is 0 Å². The molecule has 8 atom stereocenters. The summed E-state index contributed by atoms with van der Waals surface area (Å²) >= 11 is 0. The van der Waals surface area contributed by atoms with Gasteiger partial charge in [-0.15, -0.1) is 0 Å². The van der Waals surface area contributed by atoms with Gasteiger partial charge in [-0.25, -0.2) is 94.9 Å². The minimum absolute atomic E-state index is 0.0263. The van der Waals surface area contributed by atoms with Gasteiger partial charge in [0.05, 0.1) is 38.8 Å². The zero-order chi connectivity index (χ0) is 89.7. The number of benzene rings is 4. The Balaban J connectivity index is 0.000000142. The molecule has 37 heteroatoms. The molecule has 32 nitrogen and oxygen atoms in total. The number of carbonyl (C=O) groups is 4. The summed E-state index contributed by atoms with van der Waals surface area (Å²) in [6.45, 7) is 23.1. The molecule has 0 spiro atoms. The second-order valence-corrected chi connectivity index (χ2v) is 41.3. The number of rotatable bonds is 13. The van der Waals surface area contributed by atoms with Crippen LogP contribution in [0.3, 0.4) is 0 Å². The maximum Gasteiger partial charge on any atom is 0.242 e. The maximum atomic E-state index is 13.1. The molecule has 0 amide bonds. The fraction of sp³-hybridized carbons (Fsp3) is 0.391. The largest absolute Gasteiger partial charge is 0.480 e. The van der Waals surface area contributed by atoms with E-state index < -0.39 is 89.1 Å². The molecular formula is C87H96FN19O13S4. The molecule has 0 saturated carbocycles. The van der Waals surface area contributed by atoms with Crippen molar-refractivity contribution in [3.8, 4) is 5.88 Å². The smallest absolute Gasteiger partial charge is 0.242 e. The van der Waals surface area contributed by atoms with E-state index in [0.717, 1.165) is 135 Å². The monoisotopic (exact) mass is 1760 g/mol. The number of hydrogen-bond acceptors (Lipinski definition) is 26. The first kappa shape index (κ1) is 89.4. The van der Waals surface area contributed by atoms with Gasteiger partial charge < -0.3 is 27.7 Å². The van der Waals surface area contributed by atoms with E-state index in [1.54, 1.807) is 32.0 Å². The molecule has 124 heavy (non-hydrogen) atoms. The third kappa shape index (κ3) is 16.9. The summed E-state index contributed by atoms with van der Waals surface area (Å²) in [5.74, 6) is -1.07. The number of nitrogens with two attached hydrogens (primary N) is 4. The van der Waals surface area contributed by atoms with E-state index in [2.05, 4.69) is 54.6 Å². The van der Waals surface area contributed by atoms with Crippen molar-refractivity contribution in [2.24, 2.45) is 42.9 Å². The lowest BCUT2D eigenvalue weighted by atomic mass is 9.84. The van der Waals surface area contributed by atoms with Crippen LogP contribution in [0.2, 0.25) is 0 Å². The standard InChI is InChI=1S/C23H25N5O3S.C22H23N5O3S.C21H23FN4O3S.C21H25N5O4S/c1-14-10-17(25-3)13-26-21(14)19(29)12-15-8-9-16-6-5-7-20-23(2,18(16)11-15)27-22(24)28(4)32(20,30)31;1-22-17-11-14(12-19(28)18-10-9-16(24-2)13-25-18)7-8-15(17)5-4-6-20(22)31(29,30)27(3)21(23)26-22;1-21-16-10-13(11-18(27)17-9-8-15(22)12-24-17)6-7-14(16)4-3-5-19(21)30(28,29)26(2)20(23)25-21;1-21-15-9-13(10-17(27)16-11-24-19(30-3)12-23-16)7-8-14(15)5-4-6-18(21)31(28,29)26(2)20(22)25-21/h8-11,13,20H,5-7,12H2,1-2,4H3,(H2,24,27);7-11,13,20H,4-6,12H2,1,3H3,(H2,23,26);6-10,12,19H,3-5,11H2,1-2H3,(H2,23,25);7-9,11-12,18H,4-6,10H2,1-3H3,(H2,22,25)/t20-,23+;20-,22-;19-,21+;18-,21+/m0100/s1. The first-order valence-electron chi connectivity index (χ1n) is 40.1. The van der Waals surface area contributed by atoms with Crippen LogP contribution >= 0.6 is 0 Å². The number of ether oxygens (including phenoxy) is 1. The number of aryl methyl sites for hydroxylation is 5. The number of ketones is 4. The predicted molar refractivity (Wildman–Crippen MR) is 466 cm³/mol. The van der Waals surface area contributed by atoms with Crippen LogP contribution in [0.4, 0.5) is 15.8 Å². The average molecular weight is 1760 g/mol. The Kier molecular flexibility index (Phi) is 24.8. The van der Waals surface area contributed by atoms with E-state index in [0.29, 0.717) is 60.6 Å². The van der Waals surface area contributed by atoms with Gasteiger partial charge in [0.2, 0.25) is 81.2 Å². The fourth-order valence-corrected chi connectivity index (χ4v) is 25.6. The summed E-state index contributed by atoms with van der Waals surface area (Å²) < 4.78 is 127. The molecule has 4 aliphatic heterocycles. The highest BCUT2D eigenvalue weighted by molar-refractivity contribution is 7.91. The van der Waals surface area contributed by atoms with Crippen LogP contribution in [0.15, 0.2) is 154 Å². The van der Waals surface area contributed by atoms with Crippen molar-refractivity contribution >= 4 is 98.4 Å². The zero-order valence-electron chi connectivity index (χ0n) is 70.2. The predicted octanol–water partition coefficient (Wildman–Crippen LogP) is 9.02. The molecule has 8 heterocycles. The van der Waals surface area contributed by atoms with Crippen LogP contribution in [0, 0.1) is 25.9 Å². The summed E-state index contributed by atoms with van der Waals surface area (Å²) in [5, 5.41) is -2.87. The molecule has 4 aromatic carbocycles. The molecule has 0 fully saturated rings. The lowest BCUT2D eigenvalue weighted by molar-refractivity contribution is 0.0979. The van der Waals surface area contributed by atoms with Crippen LogP contribution in [-0.4, -0.2) is 179 Å². The first-order chi connectivity index (χ1) is 58.5. The summed E-state index contributed by atoms with van der Waals surface area (Å²) in [5.41, 5.74) is 32.6. The number of guanidine groups is 4. The first-order valence-corrected chi connectivity index (χ1v) is 46.1. The van der Waals surface area contributed by atoms with Crippen molar-refractivity contribution in [3.63, 3.8) is 0 Å². The Morgan fingerprint density at radius 2 is 0.734 bits per heavy atom. The van der Waals surface area contributed by atoms with Crippen LogP contribution in [0.1, 0.15) is 193 Å². The number of carbonyl (C=O) groups excluding carboxylic acids is 4. The number of hydrogen-bond donors (Lipinski definition) is 4. The van der Waals surface area contributed by atoms with Crippen LogP contribution in [0.25, 0.3) is 9.69 Å². The molecule has 648 valence electrons.